The third-order valence-corrected chi connectivity index (χ3v) is 9.73. The van der Waals surface area contributed by atoms with Crippen LogP contribution >= 0.6 is 38.6 Å². The number of rotatable bonds is 8. The predicted octanol–water partition coefficient (Wildman–Crippen LogP) is 6.62. The van der Waals surface area contributed by atoms with Gasteiger partial charge < -0.3 is 0 Å². The number of anilines is 1. The molecule has 0 saturated carbocycles. The van der Waals surface area contributed by atoms with Gasteiger partial charge >= 0.3 is 0 Å². The number of sulfonamides is 1. The highest BCUT2D eigenvalue weighted by Gasteiger charge is 2.24. The number of hydrazone groups is 1. The van der Waals surface area contributed by atoms with Crippen LogP contribution in [0.1, 0.15) is 20.8 Å². The van der Waals surface area contributed by atoms with Crippen LogP contribution in [0, 0.1) is 0 Å². The van der Waals surface area contributed by atoms with E-state index in [0.717, 1.165) is 25.1 Å². The second kappa shape index (κ2) is 11.3. The molecule has 0 N–H and O–H groups in total. The summed E-state index contributed by atoms with van der Waals surface area (Å²) in [6.45, 7) is 0.239. The Balaban J connectivity index is 1.43. The smallest absolute Gasteiger partial charge is 0.267 e. The van der Waals surface area contributed by atoms with E-state index in [-0.39, 0.29) is 11.4 Å². The van der Waals surface area contributed by atoms with Crippen molar-refractivity contribution in [1.29, 1.82) is 0 Å². The molecule has 3 aromatic carbocycles. The van der Waals surface area contributed by atoms with E-state index in [9.17, 15) is 13.2 Å². The number of nitrogens with zero attached hydrogens (tertiary/aromatic N) is 4. The summed E-state index contributed by atoms with van der Waals surface area (Å²) in [6, 6.07) is 24.8. The fourth-order valence-electron chi connectivity index (χ4n) is 3.64. The van der Waals surface area contributed by atoms with E-state index in [4.69, 9.17) is 0 Å². The first kappa shape index (κ1) is 26.4. The van der Waals surface area contributed by atoms with Gasteiger partial charge in [0.05, 0.1) is 21.3 Å². The minimum Gasteiger partial charge on any atom is -0.267 e. The Morgan fingerprint density at radius 2 is 1.79 bits per heavy atom. The molecule has 2 heterocycles. The van der Waals surface area contributed by atoms with Gasteiger partial charge in [-0.2, -0.15) is 14.4 Å². The highest BCUT2D eigenvalue weighted by molar-refractivity contribution is 9.10. The molecule has 0 unspecified atom stereocenters. The number of hydrogen-bond acceptors (Lipinski definition) is 7. The van der Waals surface area contributed by atoms with E-state index in [1.165, 1.54) is 63.3 Å². The fourth-order valence-corrected chi connectivity index (χ4v) is 6.85. The van der Waals surface area contributed by atoms with Crippen molar-refractivity contribution >= 4 is 76.1 Å². The molecule has 0 aliphatic carbocycles. The highest BCUT2D eigenvalue weighted by Crippen LogP contribution is 2.32. The number of carbonyl (C=O) groups is 1. The van der Waals surface area contributed by atoms with Crippen molar-refractivity contribution in [2.45, 2.75) is 11.4 Å². The average Bonchev–Trinajstić information content (AvgIpc) is 3.59. The van der Waals surface area contributed by atoms with Crippen LogP contribution < -0.4 is 5.01 Å². The number of aromatic nitrogens is 1. The summed E-state index contributed by atoms with van der Waals surface area (Å²) < 4.78 is 29.4. The Kier molecular flexibility index (Phi) is 7.82. The van der Waals surface area contributed by atoms with Crippen LogP contribution in [0.3, 0.4) is 0 Å². The molecule has 2 aromatic heterocycles. The number of benzene rings is 3. The molecule has 0 bridgehead atoms. The van der Waals surface area contributed by atoms with Crippen LogP contribution in [0.2, 0.25) is 0 Å². The van der Waals surface area contributed by atoms with E-state index in [0.29, 0.717) is 10.7 Å². The Bertz CT molecular complexity index is 1700. The first-order chi connectivity index (χ1) is 18.3. The van der Waals surface area contributed by atoms with Crippen molar-refractivity contribution < 1.29 is 13.2 Å². The van der Waals surface area contributed by atoms with Crippen LogP contribution in [0.4, 0.5) is 5.13 Å². The normalized spacial score (nSPS) is 12.0. The third-order valence-electron chi connectivity index (χ3n) is 5.61. The van der Waals surface area contributed by atoms with Crippen molar-refractivity contribution in [2.24, 2.45) is 5.10 Å². The number of halogens is 1. The summed E-state index contributed by atoms with van der Waals surface area (Å²) in [6.07, 6.45) is 1.61. The van der Waals surface area contributed by atoms with Crippen LogP contribution in [0.15, 0.2) is 105 Å². The zero-order valence-electron chi connectivity index (χ0n) is 20.1. The maximum absolute atomic E-state index is 13.6. The topological polar surface area (TPSA) is 82.9 Å². The molecule has 192 valence electrons. The van der Waals surface area contributed by atoms with Gasteiger partial charge in [-0.15, -0.1) is 11.3 Å². The maximum Gasteiger partial charge on any atom is 0.280 e. The number of thiazole rings is 1. The quantitative estimate of drug-likeness (QED) is 0.143. The Morgan fingerprint density at radius 3 is 2.50 bits per heavy atom. The second-order valence-corrected chi connectivity index (χ2v) is 13.2. The zero-order chi connectivity index (χ0) is 26.7. The van der Waals surface area contributed by atoms with Crippen molar-refractivity contribution in [3.8, 4) is 0 Å². The molecule has 5 aromatic rings. The number of amides is 1. The van der Waals surface area contributed by atoms with Gasteiger partial charge in [-0.05, 0) is 59.5 Å². The van der Waals surface area contributed by atoms with Crippen LogP contribution in [0.5, 0.6) is 0 Å². The Morgan fingerprint density at radius 1 is 1.03 bits per heavy atom. The van der Waals surface area contributed by atoms with Crippen LogP contribution in [-0.2, 0) is 16.6 Å². The molecule has 7 nitrogen and oxygen atoms in total. The lowest BCUT2D eigenvalue weighted by atomic mass is 10.2. The van der Waals surface area contributed by atoms with Gasteiger partial charge in [0.25, 0.3) is 5.91 Å². The van der Waals surface area contributed by atoms with Gasteiger partial charge in [-0.25, -0.2) is 13.4 Å². The molecule has 0 aliphatic heterocycles. The van der Waals surface area contributed by atoms with E-state index in [1.54, 1.807) is 6.21 Å². The largest absolute Gasteiger partial charge is 0.280 e. The first-order valence-electron chi connectivity index (χ1n) is 11.4. The number of thiophene rings is 1. The number of carbonyl (C=O) groups excluding carboxylic acids is 1. The van der Waals surface area contributed by atoms with Crippen molar-refractivity contribution in [3.63, 3.8) is 0 Å². The minimum atomic E-state index is -3.75. The van der Waals surface area contributed by atoms with E-state index >= 15 is 0 Å². The van der Waals surface area contributed by atoms with E-state index < -0.39 is 15.9 Å². The molecular formula is C27H21BrN4O3S3. The lowest BCUT2D eigenvalue weighted by molar-refractivity contribution is 0.0987. The van der Waals surface area contributed by atoms with Gasteiger partial charge in [0.1, 0.15) is 0 Å². The lowest BCUT2D eigenvalue weighted by Gasteiger charge is -2.18. The SMILES string of the molecule is CN(Cc1ccccc1)S(=O)(=O)c1ccc(C(=O)N(/N=C/c2cccs2)c2nc3ccc(Br)cc3s2)cc1. The number of hydrogen-bond donors (Lipinski definition) is 0. The molecule has 5 rings (SSSR count). The molecular weight excluding hydrogens is 604 g/mol. The summed E-state index contributed by atoms with van der Waals surface area (Å²) in [5.74, 6) is -0.419. The molecule has 0 aliphatic rings. The molecule has 0 spiro atoms. The summed E-state index contributed by atoms with van der Waals surface area (Å²) in [5, 5.41) is 8.05. The average molecular weight is 626 g/mol. The monoisotopic (exact) mass is 624 g/mol. The molecule has 11 heteroatoms. The van der Waals surface area contributed by atoms with Crippen molar-refractivity contribution in [1.82, 2.24) is 9.29 Å². The summed E-state index contributed by atoms with van der Waals surface area (Å²) in [4.78, 5) is 19.2. The predicted molar refractivity (Wildman–Crippen MR) is 158 cm³/mol. The summed E-state index contributed by atoms with van der Waals surface area (Å²) in [5.41, 5.74) is 1.92. The lowest BCUT2D eigenvalue weighted by Crippen LogP contribution is -2.27. The third kappa shape index (κ3) is 5.77. The minimum absolute atomic E-state index is 0.103. The molecule has 0 fully saturated rings. The zero-order valence-corrected chi connectivity index (χ0v) is 24.1. The van der Waals surface area contributed by atoms with Gasteiger partial charge in [-0.1, -0.05) is 63.7 Å². The maximum atomic E-state index is 13.6. The molecule has 0 saturated heterocycles. The van der Waals surface area contributed by atoms with Gasteiger partial charge in [-0.3, -0.25) is 4.79 Å². The molecule has 1 amide bonds. The molecule has 38 heavy (non-hydrogen) atoms. The first-order valence-corrected chi connectivity index (χ1v) is 15.3. The van der Waals surface area contributed by atoms with Crippen LogP contribution in [0.25, 0.3) is 10.2 Å². The highest BCUT2D eigenvalue weighted by atomic mass is 79.9. The molecule has 0 radical (unpaired) electrons. The Hall–Kier alpha value is -3.22. The summed E-state index contributed by atoms with van der Waals surface area (Å²) >= 11 is 6.31. The van der Waals surface area contributed by atoms with Gasteiger partial charge in [0.2, 0.25) is 15.2 Å². The second-order valence-electron chi connectivity index (χ2n) is 8.26. The van der Waals surface area contributed by atoms with Crippen molar-refractivity contribution in [2.75, 3.05) is 12.1 Å². The van der Waals surface area contributed by atoms with E-state index in [2.05, 4.69) is 26.0 Å². The number of fused-ring (bicyclic) bond motifs is 1. The fraction of sp³-hybridized carbons (Fsp3) is 0.0741. The van der Waals surface area contributed by atoms with Gasteiger partial charge in [0, 0.05) is 28.5 Å². The van der Waals surface area contributed by atoms with Crippen molar-refractivity contribution in [3.05, 3.63) is 111 Å². The van der Waals surface area contributed by atoms with E-state index in [1.807, 2.05) is 66.0 Å². The Labute approximate surface area is 236 Å². The standard InChI is InChI=1S/C27H21BrN4O3S3/c1-31(18-19-6-3-2-4-7-19)38(34,35)23-12-9-20(10-13-23)26(33)32(29-17-22-8-5-15-36-22)27-30-24-14-11-21(28)16-25(24)37-27/h2-17H,18H2,1H3/b29-17+. The van der Waals surface area contributed by atoms with Gasteiger partial charge in [0.15, 0.2) is 0 Å². The summed E-state index contributed by atoms with van der Waals surface area (Å²) in [7, 11) is -2.21. The molecule has 0 atom stereocenters. The van der Waals surface area contributed by atoms with Crippen LogP contribution in [-0.4, -0.2) is 36.9 Å².